The van der Waals surface area contributed by atoms with Crippen molar-refractivity contribution in [2.45, 2.75) is 13.8 Å². The number of rotatable bonds is 5. The van der Waals surface area contributed by atoms with E-state index in [2.05, 4.69) is 12.2 Å². The smallest absolute Gasteiger partial charge is 0.0504 e. The molecule has 0 fully saturated rings. The molecule has 0 aliphatic rings. The van der Waals surface area contributed by atoms with Crippen LogP contribution >= 0.6 is 0 Å². The van der Waals surface area contributed by atoms with E-state index in [4.69, 9.17) is 10.5 Å². The second-order valence-electron chi connectivity index (χ2n) is 3.96. The summed E-state index contributed by atoms with van der Waals surface area (Å²) in [4.78, 5) is 0. The van der Waals surface area contributed by atoms with Gasteiger partial charge in [0.2, 0.25) is 0 Å². The molecule has 0 amide bonds. The number of methoxy groups -OCH3 is 1. The number of nitrogens with two attached hydrogens (primary N) is 1. The third-order valence-corrected chi connectivity index (χ3v) is 2.47. The molecule has 1 atom stereocenters. The van der Waals surface area contributed by atoms with Gasteiger partial charge in [0.05, 0.1) is 6.61 Å². The number of hydrogen-bond donors (Lipinski definition) is 2. The SMILES string of the molecule is COCC(C)CNc1cccc(N)c1C. The van der Waals surface area contributed by atoms with Gasteiger partial charge < -0.3 is 15.8 Å². The van der Waals surface area contributed by atoms with Crippen molar-refractivity contribution in [3.05, 3.63) is 23.8 Å². The number of ether oxygens (including phenoxy) is 1. The summed E-state index contributed by atoms with van der Waals surface area (Å²) in [7, 11) is 1.72. The van der Waals surface area contributed by atoms with Crippen molar-refractivity contribution in [1.82, 2.24) is 0 Å². The van der Waals surface area contributed by atoms with Gasteiger partial charge in [0.1, 0.15) is 0 Å². The second-order valence-corrected chi connectivity index (χ2v) is 3.96. The summed E-state index contributed by atoms with van der Waals surface area (Å²) >= 11 is 0. The first-order valence-corrected chi connectivity index (χ1v) is 5.23. The zero-order valence-electron chi connectivity index (χ0n) is 9.71. The van der Waals surface area contributed by atoms with Gasteiger partial charge >= 0.3 is 0 Å². The standard InChI is InChI=1S/C12H20N2O/c1-9(8-15-3)7-14-12-6-4-5-11(13)10(12)2/h4-6,9,14H,7-8,13H2,1-3H3. The Morgan fingerprint density at radius 1 is 1.47 bits per heavy atom. The van der Waals surface area contributed by atoms with Crippen LogP contribution < -0.4 is 11.1 Å². The highest BCUT2D eigenvalue weighted by Gasteiger charge is 2.03. The number of nitrogens with one attached hydrogen (secondary N) is 1. The van der Waals surface area contributed by atoms with Crippen LogP contribution in [0.4, 0.5) is 11.4 Å². The fraction of sp³-hybridized carbons (Fsp3) is 0.500. The van der Waals surface area contributed by atoms with Crippen LogP contribution in [0.1, 0.15) is 12.5 Å². The molecule has 3 nitrogen and oxygen atoms in total. The van der Waals surface area contributed by atoms with E-state index in [1.807, 2.05) is 25.1 Å². The third kappa shape index (κ3) is 3.44. The fourth-order valence-corrected chi connectivity index (χ4v) is 1.47. The summed E-state index contributed by atoms with van der Waals surface area (Å²) in [6.07, 6.45) is 0. The summed E-state index contributed by atoms with van der Waals surface area (Å²) in [6, 6.07) is 5.93. The highest BCUT2D eigenvalue weighted by molar-refractivity contribution is 5.62. The lowest BCUT2D eigenvalue weighted by molar-refractivity contribution is 0.164. The van der Waals surface area contributed by atoms with E-state index in [-0.39, 0.29) is 0 Å². The maximum Gasteiger partial charge on any atom is 0.0504 e. The molecule has 0 aliphatic heterocycles. The van der Waals surface area contributed by atoms with Gasteiger partial charge in [-0.15, -0.1) is 0 Å². The monoisotopic (exact) mass is 208 g/mol. The van der Waals surface area contributed by atoms with E-state index in [0.29, 0.717) is 5.92 Å². The average molecular weight is 208 g/mol. The van der Waals surface area contributed by atoms with Crippen molar-refractivity contribution in [2.24, 2.45) is 5.92 Å². The Labute approximate surface area is 91.6 Å². The first-order chi connectivity index (χ1) is 7.15. The third-order valence-electron chi connectivity index (χ3n) is 2.47. The van der Waals surface area contributed by atoms with E-state index >= 15 is 0 Å². The van der Waals surface area contributed by atoms with Crippen LogP contribution in [0.2, 0.25) is 0 Å². The summed E-state index contributed by atoms with van der Waals surface area (Å²) < 4.78 is 5.08. The Kier molecular flexibility index (Phi) is 4.43. The highest BCUT2D eigenvalue weighted by atomic mass is 16.5. The van der Waals surface area contributed by atoms with E-state index in [1.165, 1.54) is 0 Å². The molecule has 0 radical (unpaired) electrons. The molecule has 1 rings (SSSR count). The minimum Gasteiger partial charge on any atom is -0.398 e. The normalized spacial score (nSPS) is 12.5. The topological polar surface area (TPSA) is 47.3 Å². The number of benzene rings is 1. The van der Waals surface area contributed by atoms with E-state index < -0.39 is 0 Å². The molecular weight excluding hydrogens is 188 g/mol. The lowest BCUT2D eigenvalue weighted by Gasteiger charge is -2.15. The van der Waals surface area contributed by atoms with Gasteiger partial charge in [-0.2, -0.15) is 0 Å². The van der Waals surface area contributed by atoms with E-state index in [0.717, 1.165) is 30.1 Å². The Bertz CT molecular complexity index is 312. The molecule has 0 aromatic heterocycles. The zero-order valence-corrected chi connectivity index (χ0v) is 9.71. The fourth-order valence-electron chi connectivity index (χ4n) is 1.47. The molecular formula is C12H20N2O. The van der Waals surface area contributed by atoms with Crippen molar-refractivity contribution in [1.29, 1.82) is 0 Å². The molecule has 0 saturated heterocycles. The van der Waals surface area contributed by atoms with Gasteiger partial charge in [-0.1, -0.05) is 13.0 Å². The molecule has 0 saturated carbocycles. The number of nitrogen functional groups attached to an aromatic ring is 1. The molecule has 1 unspecified atom stereocenters. The van der Waals surface area contributed by atoms with Crippen molar-refractivity contribution < 1.29 is 4.74 Å². The summed E-state index contributed by atoms with van der Waals surface area (Å²) in [5, 5.41) is 3.38. The van der Waals surface area contributed by atoms with Crippen LogP contribution in [0.5, 0.6) is 0 Å². The lowest BCUT2D eigenvalue weighted by Crippen LogP contribution is -2.16. The van der Waals surface area contributed by atoms with Crippen LogP contribution in [0.15, 0.2) is 18.2 Å². The van der Waals surface area contributed by atoms with Crippen LogP contribution in [0.25, 0.3) is 0 Å². The molecule has 84 valence electrons. The Morgan fingerprint density at radius 2 is 2.20 bits per heavy atom. The Hall–Kier alpha value is -1.22. The van der Waals surface area contributed by atoms with Gasteiger partial charge in [0.25, 0.3) is 0 Å². The predicted octanol–water partition coefficient (Wildman–Crippen LogP) is 2.27. The Morgan fingerprint density at radius 3 is 2.87 bits per heavy atom. The molecule has 0 aliphatic carbocycles. The van der Waals surface area contributed by atoms with Crippen LogP contribution in [-0.4, -0.2) is 20.3 Å². The molecule has 0 heterocycles. The highest BCUT2D eigenvalue weighted by Crippen LogP contribution is 2.20. The molecule has 15 heavy (non-hydrogen) atoms. The van der Waals surface area contributed by atoms with Gasteiger partial charge in [-0.25, -0.2) is 0 Å². The minimum atomic E-state index is 0.496. The first-order valence-electron chi connectivity index (χ1n) is 5.23. The van der Waals surface area contributed by atoms with Crippen molar-refractivity contribution in [2.75, 3.05) is 31.3 Å². The zero-order chi connectivity index (χ0) is 11.3. The average Bonchev–Trinajstić information content (AvgIpc) is 2.21. The summed E-state index contributed by atoms with van der Waals surface area (Å²) in [5.41, 5.74) is 8.88. The van der Waals surface area contributed by atoms with Gasteiger partial charge in [-0.05, 0) is 30.5 Å². The molecule has 1 aromatic carbocycles. The quantitative estimate of drug-likeness (QED) is 0.730. The maximum atomic E-state index is 5.82. The predicted molar refractivity (Wildman–Crippen MR) is 65.1 cm³/mol. The molecule has 0 bridgehead atoms. The largest absolute Gasteiger partial charge is 0.398 e. The van der Waals surface area contributed by atoms with E-state index in [9.17, 15) is 0 Å². The Balaban J connectivity index is 2.54. The van der Waals surface area contributed by atoms with Gasteiger partial charge in [0, 0.05) is 25.0 Å². The lowest BCUT2D eigenvalue weighted by atomic mass is 10.1. The molecule has 3 N–H and O–H groups in total. The number of hydrogen-bond acceptors (Lipinski definition) is 3. The van der Waals surface area contributed by atoms with Crippen LogP contribution in [0.3, 0.4) is 0 Å². The van der Waals surface area contributed by atoms with Gasteiger partial charge in [0.15, 0.2) is 0 Å². The van der Waals surface area contributed by atoms with E-state index in [1.54, 1.807) is 7.11 Å². The molecule has 3 heteroatoms. The molecule has 0 spiro atoms. The van der Waals surface area contributed by atoms with Gasteiger partial charge in [-0.3, -0.25) is 0 Å². The summed E-state index contributed by atoms with van der Waals surface area (Å²) in [5.74, 6) is 0.496. The number of anilines is 2. The van der Waals surface area contributed by atoms with Crippen molar-refractivity contribution >= 4 is 11.4 Å². The van der Waals surface area contributed by atoms with Crippen molar-refractivity contribution in [3.63, 3.8) is 0 Å². The van der Waals surface area contributed by atoms with Crippen molar-refractivity contribution in [3.8, 4) is 0 Å². The van der Waals surface area contributed by atoms with Crippen LogP contribution in [-0.2, 0) is 4.74 Å². The minimum absolute atomic E-state index is 0.496. The van der Waals surface area contributed by atoms with Crippen LogP contribution in [0, 0.1) is 12.8 Å². The molecule has 1 aromatic rings. The summed E-state index contributed by atoms with van der Waals surface area (Å²) in [6.45, 7) is 5.85. The first kappa shape index (κ1) is 11.9. The second kappa shape index (κ2) is 5.61. The maximum absolute atomic E-state index is 5.82.